The lowest BCUT2D eigenvalue weighted by Gasteiger charge is -2.24. The summed E-state index contributed by atoms with van der Waals surface area (Å²) in [4.78, 5) is 30.7. The number of rotatable bonds is 3. The van der Waals surface area contributed by atoms with Crippen LogP contribution in [0, 0.1) is 5.92 Å². The first-order valence-electron chi connectivity index (χ1n) is 8.33. The van der Waals surface area contributed by atoms with Gasteiger partial charge in [-0.3, -0.25) is 9.59 Å². The van der Waals surface area contributed by atoms with E-state index in [4.69, 9.17) is 4.42 Å². The Morgan fingerprint density at radius 3 is 2.83 bits per heavy atom. The Kier molecular flexibility index (Phi) is 3.60. The van der Waals surface area contributed by atoms with Crippen molar-refractivity contribution in [2.45, 2.75) is 62.8 Å². The summed E-state index contributed by atoms with van der Waals surface area (Å²) in [6.07, 6.45) is 7.10. The molecule has 0 spiro atoms. The maximum atomic E-state index is 12.6. The molecule has 4 rings (SSSR count). The standard InChI is InChI=1S/C16H21N3O4/c20-11-3-1-9(5-11)18-15(21)12-6-10-2-4-13(12)19(10)16(22)14-7-17-8-23-14/h7-13,20H,1-6H2,(H,18,21)/t9-,10?,11-,12?,13?/m0/s1. The molecule has 0 radical (unpaired) electrons. The zero-order valence-corrected chi connectivity index (χ0v) is 12.9. The number of nitrogens with zero attached hydrogens (tertiary/aromatic N) is 2. The number of nitrogens with one attached hydrogen (secondary N) is 1. The Morgan fingerprint density at radius 1 is 1.26 bits per heavy atom. The Balaban J connectivity index is 1.44. The third-order valence-corrected chi connectivity index (χ3v) is 5.50. The van der Waals surface area contributed by atoms with E-state index in [1.54, 1.807) is 0 Å². The zero-order valence-electron chi connectivity index (χ0n) is 12.9. The molecule has 3 unspecified atom stereocenters. The van der Waals surface area contributed by atoms with Crippen molar-refractivity contribution in [1.82, 2.24) is 15.2 Å². The van der Waals surface area contributed by atoms with Gasteiger partial charge in [0.15, 0.2) is 6.39 Å². The number of amides is 2. The second-order valence-corrected chi connectivity index (χ2v) is 6.89. The highest BCUT2D eigenvalue weighted by Crippen LogP contribution is 2.42. The number of fused-ring (bicyclic) bond motifs is 2. The summed E-state index contributed by atoms with van der Waals surface area (Å²) in [5, 5.41) is 12.6. The molecule has 2 aliphatic heterocycles. The zero-order chi connectivity index (χ0) is 16.0. The lowest BCUT2D eigenvalue weighted by Crippen LogP contribution is -2.43. The van der Waals surface area contributed by atoms with Crippen molar-refractivity contribution in [1.29, 1.82) is 0 Å². The monoisotopic (exact) mass is 319 g/mol. The molecule has 3 fully saturated rings. The SMILES string of the molecule is O=C(N[C@H]1CC[C@H](O)C1)C1CC2CCC1N2C(=O)c1cnco1. The summed E-state index contributed by atoms with van der Waals surface area (Å²) < 4.78 is 5.12. The summed E-state index contributed by atoms with van der Waals surface area (Å²) in [6.45, 7) is 0. The average Bonchev–Trinajstić information content (AvgIpc) is 3.30. The molecule has 23 heavy (non-hydrogen) atoms. The van der Waals surface area contributed by atoms with Gasteiger partial charge in [0.25, 0.3) is 5.91 Å². The molecule has 1 aromatic rings. The van der Waals surface area contributed by atoms with E-state index in [-0.39, 0.29) is 47.7 Å². The van der Waals surface area contributed by atoms with Crippen LogP contribution in [0.4, 0.5) is 0 Å². The van der Waals surface area contributed by atoms with Crippen LogP contribution in [-0.2, 0) is 4.79 Å². The van der Waals surface area contributed by atoms with Crippen molar-refractivity contribution in [3.8, 4) is 0 Å². The van der Waals surface area contributed by atoms with Gasteiger partial charge in [-0.15, -0.1) is 0 Å². The summed E-state index contributed by atoms with van der Waals surface area (Å²) in [5.41, 5.74) is 0. The Labute approximate surface area is 134 Å². The van der Waals surface area contributed by atoms with Gasteiger partial charge in [-0.25, -0.2) is 4.98 Å². The van der Waals surface area contributed by atoms with Crippen molar-refractivity contribution in [2.75, 3.05) is 0 Å². The molecule has 1 aliphatic carbocycles. The van der Waals surface area contributed by atoms with Crippen molar-refractivity contribution in [3.05, 3.63) is 18.4 Å². The van der Waals surface area contributed by atoms with Crippen molar-refractivity contribution in [2.24, 2.45) is 5.92 Å². The number of hydrogen-bond donors (Lipinski definition) is 2. The van der Waals surface area contributed by atoms with Crippen molar-refractivity contribution >= 4 is 11.8 Å². The fourth-order valence-electron chi connectivity index (χ4n) is 4.43. The molecule has 1 saturated carbocycles. The fourth-order valence-corrected chi connectivity index (χ4v) is 4.43. The Hall–Kier alpha value is -1.89. The Bertz CT molecular complexity index is 602. The highest BCUT2D eigenvalue weighted by Gasteiger charge is 2.52. The summed E-state index contributed by atoms with van der Waals surface area (Å²) in [7, 11) is 0. The van der Waals surface area contributed by atoms with E-state index in [1.165, 1.54) is 12.6 Å². The number of carbonyl (C=O) groups is 2. The molecule has 1 aromatic heterocycles. The summed E-state index contributed by atoms with van der Waals surface area (Å²) in [5.74, 6) is -0.0616. The number of aromatic nitrogens is 1. The number of aliphatic hydroxyl groups excluding tert-OH is 1. The van der Waals surface area contributed by atoms with Gasteiger partial charge in [-0.05, 0) is 38.5 Å². The van der Waals surface area contributed by atoms with E-state index in [9.17, 15) is 14.7 Å². The van der Waals surface area contributed by atoms with Crippen LogP contribution in [0.2, 0.25) is 0 Å². The molecule has 7 heteroatoms. The minimum absolute atomic E-state index is 0.0201. The molecule has 124 valence electrons. The fraction of sp³-hybridized carbons (Fsp3) is 0.688. The van der Waals surface area contributed by atoms with Crippen LogP contribution in [0.3, 0.4) is 0 Å². The minimum atomic E-state index is -0.301. The molecule has 2 bridgehead atoms. The molecule has 0 aromatic carbocycles. The number of carbonyl (C=O) groups excluding carboxylic acids is 2. The van der Waals surface area contributed by atoms with Crippen molar-refractivity contribution in [3.63, 3.8) is 0 Å². The van der Waals surface area contributed by atoms with Gasteiger partial charge in [-0.2, -0.15) is 0 Å². The van der Waals surface area contributed by atoms with Crippen LogP contribution in [0.25, 0.3) is 0 Å². The predicted octanol–water partition coefficient (Wildman–Crippen LogP) is 0.697. The van der Waals surface area contributed by atoms with Crippen molar-refractivity contribution < 1.29 is 19.1 Å². The van der Waals surface area contributed by atoms with E-state index in [2.05, 4.69) is 10.3 Å². The first kappa shape index (κ1) is 14.7. The topological polar surface area (TPSA) is 95.7 Å². The highest BCUT2D eigenvalue weighted by atomic mass is 16.3. The van der Waals surface area contributed by atoms with Crippen LogP contribution >= 0.6 is 0 Å². The van der Waals surface area contributed by atoms with E-state index in [0.29, 0.717) is 12.8 Å². The third-order valence-electron chi connectivity index (χ3n) is 5.50. The van der Waals surface area contributed by atoms with Gasteiger partial charge in [-0.1, -0.05) is 0 Å². The van der Waals surface area contributed by atoms with Crippen LogP contribution in [0.1, 0.15) is 49.1 Å². The third kappa shape index (κ3) is 2.52. The van der Waals surface area contributed by atoms with Gasteiger partial charge < -0.3 is 19.7 Å². The second kappa shape index (κ2) is 5.63. The molecule has 3 aliphatic rings. The maximum Gasteiger partial charge on any atom is 0.291 e. The molecular weight excluding hydrogens is 298 g/mol. The van der Waals surface area contributed by atoms with E-state index in [0.717, 1.165) is 25.7 Å². The van der Waals surface area contributed by atoms with Gasteiger partial charge in [0, 0.05) is 18.1 Å². The maximum absolute atomic E-state index is 12.6. The predicted molar refractivity (Wildman–Crippen MR) is 79.4 cm³/mol. The van der Waals surface area contributed by atoms with Crippen LogP contribution < -0.4 is 5.32 Å². The molecular formula is C16H21N3O4. The molecule has 2 N–H and O–H groups in total. The van der Waals surface area contributed by atoms with Crippen LogP contribution in [0.15, 0.2) is 17.0 Å². The van der Waals surface area contributed by atoms with Crippen LogP contribution in [-0.4, -0.2) is 51.0 Å². The van der Waals surface area contributed by atoms with Gasteiger partial charge in [0.1, 0.15) is 0 Å². The largest absolute Gasteiger partial charge is 0.438 e. The molecule has 3 heterocycles. The smallest absolute Gasteiger partial charge is 0.291 e. The van der Waals surface area contributed by atoms with E-state index >= 15 is 0 Å². The summed E-state index contributed by atoms with van der Waals surface area (Å²) >= 11 is 0. The first-order valence-corrected chi connectivity index (χ1v) is 8.33. The average molecular weight is 319 g/mol. The number of aliphatic hydroxyl groups is 1. The lowest BCUT2D eigenvalue weighted by molar-refractivity contribution is -0.126. The van der Waals surface area contributed by atoms with Gasteiger partial charge in [0.2, 0.25) is 11.7 Å². The number of oxazole rings is 1. The minimum Gasteiger partial charge on any atom is -0.438 e. The van der Waals surface area contributed by atoms with E-state index < -0.39 is 0 Å². The summed E-state index contributed by atoms with van der Waals surface area (Å²) in [6, 6.07) is 0.126. The van der Waals surface area contributed by atoms with E-state index in [1.807, 2.05) is 4.90 Å². The normalized spacial score (nSPS) is 35.7. The number of hydrogen-bond acceptors (Lipinski definition) is 5. The Morgan fingerprint density at radius 2 is 2.13 bits per heavy atom. The first-order chi connectivity index (χ1) is 11.1. The quantitative estimate of drug-likeness (QED) is 0.855. The van der Waals surface area contributed by atoms with Crippen LogP contribution in [0.5, 0.6) is 0 Å². The molecule has 7 nitrogen and oxygen atoms in total. The molecule has 2 saturated heterocycles. The highest BCUT2D eigenvalue weighted by molar-refractivity contribution is 5.93. The molecule has 2 amide bonds. The van der Waals surface area contributed by atoms with Gasteiger partial charge in [0.05, 0.1) is 18.2 Å². The van der Waals surface area contributed by atoms with Gasteiger partial charge >= 0.3 is 0 Å². The molecule has 5 atom stereocenters. The lowest BCUT2D eigenvalue weighted by atomic mass is 9.88. The second-order valence-electron chi connectivity index (χ2n) is 6.89.